The summed E-state index contributed by atoms with van der Waals surface area (Å²) in [4.78, 5) is 7.16. The summed E-state index contributed by atoms with van der Waals surface area (Å²) < 4.78 is 18.7. The number of morpholine rings is 1. The Balaban J connectivity index is 0.00000363. The van der Waals surface area contributed by atoms with E-state index in [9.17, 15) is 0 Å². The predicted octanol–water partition coefficient (Wildman–Crippen LogP) is 1.08. The molecule has 11 heteroatoms. The summed E-state index contributed by atoms with van der Waals surface area (Å²) >= 11 is 0. The predicted molar refractivity (Wildman–Crippen MR) is 135 cm³/mol. The van der Waals surface area contributed by atoms with Crippen LogP contribution in [0, 0.1) is 6.92 Å². The average Bonchev–Trinajstić information content (AvgIpc) is 3.42. The van der Waals surface area contributed by atoms with E-state index in [1.54, 1.807) is 0 Å². The molecule has 3 heterocycles. The third kappa shape index (κ3) is 9.86. The van der Waals surface area contributed by atoms with Crippen LogP contribution >= 0.6 is 24.0 Å². The van der Waals surface area contributed by atoms with Gasteiger partial charge in [-0.25, -0.2) is 4.99 Å². The molecule has 0 bridgehead atoms. The molecule has 0 aromatic carbocycles. The summed E-state index contributed by atoms with van der Waals surface area (Å²) in [6, 6.07) is 0. The van der Waals surface area contributed by atoms with E-state index in [0.29, 0.717) is 13.2 Å². The lowest BCUT2D eigenvalue weighted by Gasteiger charge is -2.26. The molecule has 2 fully saturated rings. The second-order valence-electron chi connectivity index (χ2n) is 8.11. The zero-order valence-corrected chi connectivity index (χ0v) is 21.9. The number of ether oxygens (including phenoxy) is 3. The average molecular weight is 566 g/mol. The fourth-order valence-electron chi connectivity index (χ4n) is 3.62. The maximum atomic E-state index is 5.75. The minimum absolute atomic E-state index is 0. The first kappa shape index (κ1) is 27.2. The second-order valence-corrected chi connectivity index (χ2v) is 8.11. The van der Waals surface area contributed by atoms with Gasteiger partial charge in [0, 0.05) is 46.4 Å². The van der Waals surface area contributed by atoms with Crippen molar-refractivity contribution in [2.24, 2.45) is 12.0 Å². The molecule has 2 N–H and O–H groups in total. The normalized spacial score (nSPS) is 19.7. The molecule has 2 aliphatic heterocycles. The smallest absolute Gasteiger partial charge is 0.191 e. The number of aromatic nitrogens is 3. The molecule has 10 nitrogen and oxygen atoms in total. The Labute approximate surface area is 208 Å². The molecular formula is C21H40IN7O3. The standard InChI is InChI=1S/C21H39N7O3.HI/c1-18-25-26-20(27(18)2)16-24-21(22-7-4-9-28-10-14-29-15-11-28)23-8-5-12-30-17-19-6-3-13-31-19;/h19H,3-17H2,1-2H3,(H2,22,23,24);1H. The minimum Gasteiger partial charge on any atom is -0.379 e. The number of aryl methyl sites for hydroxylation is 1. The minimum atomic E-state index is 0. The molecule has 3 rings (SSSR count). The lowest BCUT2D eigenvalue weighted by atomic mass is 10.2. The van der Waals surface area contributed by atoms with Gasteiger partial charge in [0.1, 0.15) is 12.4 Å². The molecule has 1 aromatic rings. The lowest BCUT2D eigenvalue weighted by Crippen LogP contribution is -2.41. The van der Waals surface area contributed by atoms with Gasteiger partial charge in [-0.15, -0.1) is 34.2 Å². The highest BCUT2D eigenvalue weighted by Gasteiger charge is 2.15. The zero-order valence-electron chi connectivity index (χ0n) is 19.6. The molecule has 0 amide bonds. The number of nitrogens with zero attached hydrogens (tertiary/aromatic N) is 5. The Morgan fingerprint density at radius 3 is 2.62 bits per heavy atom. The molecule has 2 aliphatic rings. The summed E-state index contributed by atoms with van der Waals surface area (Å²) in [5.74, 6) is 2.55. The van der Waals surface area contributed by atoms with Crippen LogP contribution in [0.3, 0.4) is 0 Å². The molecule has 1 unspecified atom stereocenters. The number of halogens is 1. The number of hydrogen-bond acceptors (Lipinski definition) is 7. The Bertz CT molecular complexity index is 662. The van der Waals surface area contributed by atoms with E-state index in [0.717, 1.165) is 102 Å². The largest absolute Gasteiger partial charge is 0.379 e. The highest BCUT2D eigenvalue weighted by atomic mass is 127. The number of hydrogen-bond donors (Lipinski definition) is 2. The van der Waals surface area contributed by atoms with Gasteiger partial charge in [-0.3, -0.25) is 4.90 Å². The van der Waals surface area contributed by atoms with Crippen molar-refractivity contribution in [2.45, 2.75) is 45.3 Å². The van der Waals surface area contributed by atoms with Gasteiger partial charge in [-0.1, -0.05) is 0 Å². The van der Waals surface area contributed by atoms with Crippen LogP contribution in [-0.2, 0) is 27.8 Å². The van der Waals surface area contributed by atoms with E-state index in [1.807, 2.05) is 18.5 Å². The molecule has 1 atom stereocenters. The van der Waals surface area contributed by atoms with E-state index >= 15 is 0 Å². The zero-order chi connectivity index (χ0) is 21.7. The maximum absolute atomic E-state index is 5.75. The van der Waals surface area contributed by atoms with Gasteiger partial charge in [-0.2, -0.15) is 0 Å². The van der Waals surface area contributed by atoms with Crippen molar-refractivity contribution in [1.82, 2.24) is 30.3 Å². The Morgan fingerprint density at radius 2 is 1.94 bits per heavy atom. The first-order valence-corrected chi connectivity index (χ1v) is 11.6. The maximum Gasteiger partial charge on any atom is 0.191 e. The summed E-state index contributed by atoms with van der Waals surface area (Å²) in [7, 11) is 1.97. The van der Waals surface area contributed by atoms with Gasteiger partial charge in [-0.05, 0) is 39.2 Å². The van der Waals surface area contributed by atoms with Crippen LogP contribution in [0.25, 0.3) is 0 Å². The van der Waals surface area contributed by atoms with Crippen LogP contribution in [0.2, 0.25) is 0 Å². The van der Waals surface area contributed by atoms with Crippen molar-refractivity contribution in [1.29, 1.82) is 0 Å². The topological polar surface area (TPSA) is 98.1 Å². The van der Waals surface area contributed by atoms with Gasteiger partial charge in [0.2, 0.25) is 0 Å². The van der Waals surface area contributed by atoms with Crippen LogP contribution in [0.15, 0.2) is 4.99 Å². The Morgan fingerprint density at radius 1 is 1.16 bits per heavy atom. The molecular weight excluding hydrogens is 525 g/mol. The van der Waals surface area contributed by atoms with Crippen LogP contribution in [-0.4, -0.2) is 97.5 Å². The highest BCUT2D eigenvalue weighted by molar-refractivity contribution is 14.0. The molecule has 184 valence electrons. The van der Waals surface area contributed by atoms with Crippen molar-refractivity contribution in [3.05, 3.63) is 11.6 Å². The number of rotatable bonds is 12. The molecule has 0 aliphatic carbocycles. The van der Waals surface area contributed by atoms with E-state index in [1.165, 1.54) is 0 Å². The van der Waals surface area contributed by atoms with Crippen LogP contribution in [0.4, 0.5) is 0 Å². The third-order valence-electron chi connectivity index (χ3n) is 5.69. The van der Waals surface area contributed by atoms with Gasteiger partial charge in [0.25, 0.3) is 0 Å². The van der Waals surface area contributed by atoms with E-state index in [-0.39, 0.29) is 30.1 Å². The lowest BCUT2D eigenvalue weighted by molar-refractivity contribution is 0.0168. The van der Waals surface area contributed by atoms with Gasteiger partial charge >= 0.3 is 0 Å². The third-order valence-corrected chi connectivity index (χ3v) is 5.69. The number of aliphatic imine (C=N–C) groups is 1. The van der Waals surface area contributed by atoms with E-state index in [2.05, 4.69) is 25.7 Å². The quantitative estimate of drug-likeness (QED) is 0.168. The Kier molecular flexibility index (Phi) is 13.4. The number of nitrogens with one attached hydrogen (secondary N) is 2. The molecule has 1 aromatic heterocycles. The van der Waals surface area contributed by atoms with Crippen molar-refractivity contribution < 1.29 is 14.2 Å². The van der Waals surface area contributed by atoms with E-state index in [4.69, 9.17) is 19.2 Å². The molecule has 32 heavy (non-hydrogen) atoms. The van der Waals surface area contributed by atoms with Crippen molar-refractivity contribution in [3.8, 4) is 0 Å². The van der Waals surface area contributed by atoms with Crippen LogP contribution < -0.4 is 10.6 Å². The summed E-state index contributed by atoms with van der Waals surface area (Å²) in [6.45, 7) is 11.2. The van der Waals surface area contributed by atoms with Crippen LogP contribution in [0.1, 0.15) is 37.3 Å². The Hall–Kier alpha value is -1.02. The molecule has 2 saturated heterocycles. The van der Waals surface area contributed by atoms with E-state index < -0.39 is 0 Å². The summed E-state index contributed by atoms with van der Waals surface area (Å²) in [5.41, 5.74) is 0. The molecule has 0 saturated carbocycles. The van der Waals surface area contributed by atoms with Crippen molar-refractivity contribution in [2.75, 3.05) is 65.8 Å². The summed E-state index contributed by atoms with van der Waals surface area (Å²) in [6.07, 6.45) is 4.54. The van der Waals surface area contributed by atoms with Gasteiger partial charge in [0.05, 0.1) is 25.9 Å². The molecule has 0 spiro atoms. The molecule has 0 radical (unpaired) electrons. The fourth-order valence-corrected chi connectivity index (χ4v) is 3.62. The number of guanidine groups is 1. The first-order valence-electron chi connectivity index (χ1n) is 11.6. The highest BCUT2D eigenvalue weighted by Crippen LogP contribution is 2.11. The first-order chi connectivity index (χ1) is 15.2. The van der Waals surface area contributed by atoms with Crippen molar-refractivity contribution in [3.63, 3.8) is 0 Å². The second kappa shape index (κ2) is 15.8. The summed E-state index contributed by atoms with van der Waals surface area (Å²) in [5, 5.41) is 15.2. The van der Waals surface area contributed by atoms with Crippen LogP contribution in [0.5, 0.6) is 0 Å². The monoisotopic (exact) mass is 565 g/mol. The van der Waals surface area contributed by atoms with Gasteiger partial charge in [0.15, 0.2) is 11.8 Å². The fraction of sp³-hybridized carbons (Fsp3) is 0.857. The van der Waals surface area contributed by atoms with Gasteiger partial charge < -0.3 is 29.4 Å². The van der Waals surface area contributed by atoms with Crippen molar-refractivity contribution >= 4 is 29.9 Å². The SMILES string of the molecule is Cc1nnc(CN=C(NCCCOCC2CCCO2)NCCCN2CCOCC2)n1C.I.